The van der Waals surface area contributed by atoms with Gasteiger partial charge < -0.3 is 15.3 Å². The minimum Gasteiger partial charge on any atom is -0.390 e. The zero-order valence-electron chi connectivity index (χ0n) is 19.7. The second-order valence-electron chi connectivity index (χ2n) is 11.3. The summed E-state index contributed by atoms with van der Waals surface area (Å²) in [7, 11) is 0. The van der Waals surface area contributed by atoms with E-state index in [4.69, 9.17) is 0 Å². The van der Waals surface area contributed by atoms with Gasteiger partial charge in [-0.2, -0.15) is 0 Å². The van der Waals surface area contributed by atoms with Crippen LogP contribution in [0.4, 0.5) is 0 Å². The van der Waals surface area contributed by atoms with Crippen molar-refractivity contribution >= 4 is 0 Å². The number of hydrogen-bond donors (Lipinski definition) is 3. The van der Waals surface area contributed by atoms with E-state index in [1.807, 2.05) is 13.8 Å². The Kier molecular flexibility index (Phi) is 7.37. The molecule has 1 unspecified atom stereocenters. The monoisotopic (exact) mass is 416 g/mol. The van der Waals surface area contributed by atoms with E-state index in [9.17, 15) is 15.3 Å². The summed E-state index contributed by atoms with van der Waals surface area (Å²) in [4.78, 5) is 0. The van der Waals surface area contributed by atoms with E-state index in [-0.39, 0.29) is 0 Å². The molecule has 3 nitrogen and oxygen atoms in total. The summed E-state index contributed by atoms with van der Waals surface area (Å²) in [6.45, 7) is 12.9. The van der Waals surface area contributed by atoms with Crippen molar-refractivity contribution in [2.24, 2.45) is 23.2 Å². The average Bonchev–Trinajstić information content (AvgIpc) is 3.01. The molecule has 3 N–H and O–H groups in total. The Hall–Kier alpha value is -0.900. The highest BCUT2D eigenvalue weighted by molar-refractivity contribution is 5.39. The Morgan fingerprint density at radius 2 is 1.90 bits per heavy atom. The van der Waals surface area contributed by atoms with Gasteiger partial charge in [0.1, 0.15) is 6.10 Å². The van der Waals surface area contributed by atoms with Crippen molar-refractivity contribution in [2.45, 2.75) is 110 Å². The predicted octanol–water partition coefficient (Wildman–Crippen LogP) is 5.70. The normalized spacial score (nSPS) is 38.8. The van der Waals surface area contributed by atoms with Crippen LogP contribution in [-0.2, 0) is 0 Å². The number of fused-ring (bicyclic) bond motifs is 1. The van der Waals surface area contributed by atoms with Crippen LogP contribution in [0.1, 0.15) is 91.9 Å². The van der Waals surface area contributed by atoms with Crippen molar-refractivity contribution in [1.82, 2.24) is 0 Å². The molecule has 0 bridgehead atoms. The predicted molar refractivity (Wildman–Crippen MR) is 124 cm³/mol. The quantitative estimate of drug-likeness (QED) is 0.520. The van der Waals surface area contributed by atoms with Crippen molar-refractivity contribution in [1.29, 1.82) is 0 Å². The minimum atomic E-state index is -0.801. The van der Waals surface area contributed by atoms with E-state index < -0.39 is 17.8 Å². The first-order valence-electron chi connectivity index (χ1n) is 12.2. The highest BCUT2D eigenvalue weighted by Gasteiger charge is 2.50. The summed E-state index contributed by atoms with van der Waals surface area (Å²) >= 11 is 0. The van der Waals surface area contributed by atoms with Crippen molar-refractivity contribution in [3.8, 4) is 0 Å². The highest BCUT2D eigenvalue weighted by Crippen LogP contribution is 2.60. The summed E-state index contributed by atoms with van der Waals surface area (Å²) in [5.41, 5.74) is 3.12. The maximum atomic E-state index is 10.4. The van der Waals surface area contributed by atoms with Crippen LogP contribution in [0, 0.1) is 23.2 Å². The maximum absolute atomic E-state index is 10.4. The third kappa shape index (κ3) is 5.11. The highest BCUT2D eigenvalue weighted by atomic mass is 16.3. The number of aliphatic hydroxyl groups excluding tert-OH is 2. The number of allylic oxidation sites excluding steroid dienone is 3. The number of hydrogen-bond acceptors (Lipinski definition) is 3. The molecule has 3 aliphatic carbocycles. The topological polar surface area (TPSA) is 60.7 Å². The smallest absolute Gasteiger partial charge is 0.105 e. The number of rotatable bonds is 6. The molecule has 0 aliphatic heterocycles. The molecule has 170 valence electrons. The molecule has 3 heteroatoms. The van der Waals surface area contributed by atoms with Crippen LogP contribution < -0.4 is 0 Å². The summed E-state index contributed by atoms with van der Waals surface area (Å²) in [6, 6.07) is 0. The van der Waals surface area contributed by atoms with Crippen LogP contribution in [0.25, 0.3) is 0 Å². The third-order valence-corrected chi connectivity index (χ3v) is 8.48. The molecule has 0 aromatic rings. The Morgan fingerprint density at radius 3 is 2.60 bits per heavy atom. The Bertz CT molecular complexity index is 683. The van der Waals surface area contributed by atoms with E-state index in [1.165, 1.54) is 37.7 Å². The Labute approximate surface area is 184 Å². The van der Waals surface area contributed by atoms with Gasteiger partial charge in [-0.15, -0.1) is 0 Å². The van der Waals surface area contributed by atoms with Crippen molar-refractivity contribution in [2.75, 3.05) is 0 Å². The van der Waals surface area contributed by atoms with E-state index in [1.54, 1.807) is 0 Å². The van der Waals surface area contributed by atoms with Crippen molar-refractivity contribution in [3.05, 3.63) is 35.5 Å². The van der Waals surface area contributed by atoms with Crippen molar-refractivity contribution in [3.63, 3.8) is 0 Å². The van der Waals surface area contributed by atoms with E-state index in [0.29, 0.717) is 23.7 Å². The molecule has 3 aliphatic rings. The lowest BCUT2D eigenvalue weighted by Gasteiger charge is -2.44. The molecular weight excluding hydrogens is 372 g/mol. The molecule has 3 saturated carbocycles. The van der Waals surface area contributed by atoms with Crippen molar-refractivity contribution < 1.29 is 15.3 Å². The molecule has 3 fully saturated rings. The lowest BCUT2D eigenvalue weighted by atomic mass is 9.60. The summed E-state index contributed by atoms with van der Waals surface area (Å²) < 4.78 is 0. The average molecular weight is 417 g/mol. The number of aliphatic hydroxyl groups is 3. The molecule has 6 atom stereocenters. The molecule has 0 spiro atoms. The first-order valence-corrected chi connectivity index (χ1v) is 12.2. The van der Waals surface area contributed by atoms with Crippen LogP contribution in [0.2, 0.25) is 0 Å². The van der Waals surface area contributed by atoms with Crippen LogP contribution in [0.5, 0.6) is 0 Å². The molecular formula is C27H44O3. The van der Waals surface area contributed by atoms with Gasteiger partial charge in [0.15, 0.2) is 0 Å². The fraction of sp³-hybridized carbons (Fsp3) is 0.778. The van der Waals surface area contributed by atoms with E-state index >= 15 is 0 Å². The van der Waals surface area contributed by atoms with Gasteiger partial charge in [-0.1, -0.05) is 51.0 Å². The molecule has 0 radical (unpaired) electrons. The summed E-state index contributed by atoms with van der Waals surface area (Å²) in [5.74, 6) is 2.07. The van der Waals surface area contributed by atoms with Crippen LogP contribution >= 0.6 is 0 Å². The minimum absolute atomic E-state index is 0.360. The standard InChI is InChI=1S/C27H44O3/c1-18-10-15-24(28)25(29)21(18)12-11-20-9-7-17-27(5)22(13-14-23(20)27)19(2)8-6-16-26(3,4)30/h11-12,19,22-25,28-30H,1,6-10,13-17H2,2-5H3/b20-11+,21-12+/t19-,22-,23+,24+,25?,27-/m1/s1. The van der Waals surface area contributed by atoms with Crippen LogP contribution in [-0.4, -0.2) is 33.1 Å². The molecule has 0 amide bonds. The lowest BCUT2D eigenvalue weighted by Crippen LogP contribution is -2.36. The second-order valence-corrected chi connectivity index (χ2v) is 11.3. The van der Waals surface area contributed by atoms with Gasteiger partial charge in [-0.25, -0.2) is 0 Å². The van der Waals surface area contributed by atoms with Gasteiger partial charge in [0.2, 0.25) is 0 Å². The lowest BCUT2D eigenvalue weighted by molar-refractivity contribution is 0.0299. The zero-order chi connectivity index (χ0) is 22.1. The molecule has 0 aromatic carbocycles. The van der Waals surface area contributed by atoms with Crippen LogP contribution in [0.15, 0.2) is 35.5 Å². The third-order valence-electron chi connectivity index (χ3n) is 8.48. The summed E-state index contributed by atoms with van der Waals surface area (Å²) in [6.07, 6.45) is 13.6. The van der Waals surface area contributed by atoms with Gasteiger partial charge in [0.25, 0.3) is 0 Å². The molecule has 0 aromatic heterocycles. The largest absolute Gasteiger partial charge is 0.390 e. The fourth-order valence-corrected chi connectivity index (χ4v) is 6.73. The molecule has 0 saturated heterocycles. The Balaban J connectivity index is 1.72. The van der Waals surface area contributed by atoms with Gasteiger partial charge in [-0.3, -0.25) is 0 Å². The first-order chi connectivity index (χ1) is 14.0. The van der Waals surface area contributed by atoms with E-state index in [0.717, 1.165) is 42.7 Å². The Morgan fingerprint density at radius 1 is 1.17 bits per heavy atom. The summed E-state index contributed by atoms with van der Waals surface area (Å²) in [5, 5.41) is 30.5. The van der Waals surface area contributed by atoms with Crippen LogP contribution in [0.3, 0.4) is 0 Å². The van der Waals surface area contributed by atoms with Gasteiger partial charge in [0.05, 0.1) is 11.7 Å². The SMILES string of the molecule is C=C1CC[C@H](O)C(O)/C1=C/C=C1\CCC[C@]2(C)[C@@H]([C@H](C)CCCC(C)(C)O)CC[C@@H]12. The maximum Gasteiger partial charge on any atom is 0.105 e. The first kappa shape index (κ1) is 23.8. The molecule has 3 rings (SSSR count). The van der Waals surface area contributed by atoms with E-state index in [2.05, 4.69) is 32.6 Å². The zero-order valence-corrected chi connectivity index (χ0v) is 19.7. The fourth-order valence-electron chi connectivity index (χ4n) is 6.73. The van der Waals surface area contributed by atoms with Gasteiger partial charge in [0, 0.05) is 0 Å². The van der Waals surface area contributed by atoms with Gasteiger partial charge in [-0.05, 0) is 99.5 Å². The molecule has 0 heterocycles. The van der Waals surface area contributed by atoms with Gasteiger partial charge >= 0.3 is 0 Å². The second kappa shape index (κ2) is 9.30. The molecule has 30 heavy (non-hydrogen) atoms.